The van der Waals surface area contributed by atoms with Crippen LogP contribution in [0.5, 0.6) is 0 Å². The largest absolute Gasteiger partial charge is 0.398 e. The first-order valence-electron chi connectivity index (χ1n) is 5.56. The van der Waals surface area contributed by atoms with E-state index in [1.807, 2.05) is 0 Å². The number of nitrogen functional groups attached to an aromatic ring is 1. The van der Waals surface area contributed by atoms with Crippen molar-refractivity contribution in [1.29, 1.82) is 0 Å². The molecule has 0 aromatic heterocycles. The van der Waals surface area contributed by atoms with E-state index < -0.39 is 5.60 Å². The third-order valence-electron chi connectivity index (χ3n) is 3.12. The summed E-state index contributed by atoms with van der Waals surface area (Å²) in [4.78, 5) is 11.8. The number of amides is 1. The number of benzene rings is 1. The Balaban J connectivity index is 1.97. The summed E-state index contributed by atoms with van der Waals surface area (Å²) in [6.45, 7) is 0.313. The van der Waals surface area contributed by atoms with Gasteiger partial charge in [-0.3, -0.25) is 4.79 Å². The molecule has 1 fully saturated rings. The van der Waals surface area contributed by atoms with E-state index in [2.05, 4.69) is 21.2 Å². The summed E-state index contributed by atoms with van der Waals surface area (Å²) in [7, 11) is 0. The summed E-state index contributed by atoms with van der Waals surface area (Å²) in [6.07, 6.45) is 2.55. The SMILES string of the molecule is Nc1ccc(C(=O)NCC2(O)CCC2)cc1Br. The normalized spacial score (nSPS) is 17.3. The zero-order valence-electron chi connectivity index (χ0n) is 9.37. The molecular formula is C12H15BrN2O2. The molecule has 0 atom stereocenters. The summed E-state index contributed by atoms with van der Waals surface area (Å²) in [5.41, 5.74) is 6.08. The molecule has 17 heavy (non-hydrogen) atoms. The fourth-order valence-electron chi connectivity index (χ4n) is 1.78. The zero-order valence-corrected chi connectivity index (χ0v) is 11.0. The number of anilines is 1. The van der Waals surface area contributed by atoms with Crippen LogP contribution in [0.25, 0.3) is 0 Å². The number of halogens is 1. The van der Waals surface area contributed by atoms with E-state index >= 15 is 0 Å². The van der Waals surface area contributed by atoms with Crippen LogP contribution < -0.4 is 11.1 Å². The van der Waals surface area contributed by atoms with Crippen LogP contribution in [-0.4, -0.2) is 23.2 Å². The van der Waals surface area contributed by atoms with E-state index in [-0.39, 0.29) is 5.91 Å². The quantitative estimate of drug-likeness (QED) is 0.743. The van der Waals surface area contributed by atoms with Crippen LogP contribution in [0.15, 0.2) is 22.7 Å². The van der Waals surface area contributed by atoms with Gasteiger partial charge in [0.2, 0.25) is 0 Å². The summed E-state index contributed by atoms with van der Waals surface area (Å²) in [6, 6.07) is 5.02. The molecule has 0 bridgehead atoms. The van der Waals surface area contributed by atoms with Crippen molar-refractivity contribution in [1.82, 2.24) is 5.32 Å². The van der Waals surface area contributed by atoms with Crippen molar-refractivity contribution in [3.05, 3.63) is 28.2 Å². The molecule has 0 spiro atoms. The number of aliphatic hydroxyl groups is 1. The minimum absolute atomic E-state index is 0.189. The number of nitrogens with two attached hydrogens (primary N) is 1. The van der Waals surface area contributed by atoms with Gasteiger partial charge in [0, 0.05) is 22.3 Å². The predicted molar refractivity (Wildman–Crippen MR) is 69.7 cm³/mol. The maximum Gasteiger partial charge on any atom is 0.251 e. The van der Waals surface area contributed by atoms with Gasteiger partial charge in [0.05, 0.1) is 5.60 Å². The van der Waals surface area contributed by atoms with E-state index in [9.17, 15) is 9.90 Å². The summed E-state index contributed by atoms with van der Waals surface area (Å²) < 4.78 is 0.701. The highest BCUT2D eigenvalue weighted by Crippen LogP contribution is 2.30. The van der Waals surface area contributed by atoms with E-state index in [0.717, 1.165) is 19.3 Å². The predicted octanol–water partition coefficient (Wildman–Crippen LogP) is 1.68. The van der Waals surface area contributed by atoms with Crippen molar-refractivity contribution >= 4 is 27.5 Å². The van der Waals surface area contributed by atoms with Crippen LogP contribution in [0.2, 0.25) is 0 Å². The first-order valence-corrected chi connectivity index (χ1v) is 6.35. The van der Waals surface area contributed by atoms with Gasteiger partial charge in [0.15, 0.2) is 0 Å². The lowest BCUT2D eigenvalue weighted by molar-refractivity contribution is -0.0300. The summed E-state index contributed by atoms with van der Waals surface area (Å²) >= 11 is 3.28. The van der Waals surface area contributed by atoms with E-state index in [1.165, 1.54) is 0 Å². The maximum atomic E-state index is 11.8. The molecule has 0 heterocycles. The molecule has 2 rings (SSSR count). The second-order valence-corrected chi connectivity index (χ2v) is 5.35. The average Bonchev–Trinajstić information content (AvgIpc) is 2.27. The Kier molecular flexibility index (Phi) is 3.40. The first-order chi connectivity index (χ1) is 8.00. The number of carbonyl (C=O) groups is 1. The molecule has 1 aliphatic rings. The summed E-state index contributed by atoms with van der Waals surface area (Å²) in [5, 5.41) is 12.6. The molecule has 92 valence electrons. The van der Waals surface area contributed by atoms with Crippen molar-refractivity contribution in [3.8, 4) is 0 Å². The Morgan fingerprint density at radius 1 is 1.53 bits per heavy atom. The fraction of sp³-hybridized carbons (Fsp3) is 0.417. The van der Waals surface area contributed by atoms with Crippen LogP contribution in [0.4, 0.5) is 5.69 Å². The molecule has 1 aliphatic carbocycles. The molecule has 0 unspecified atom stereocenters. The third kappa shape index (κ3) is 2.79. The monoisotopic (exact) mass is 298 g/mol. The van der Waals surface area contributed by atoms with Crippen molar-refractivity contribution < 1.29 is 9.90 Å². The van der Waals surface area contributed by atoms with Gasteiger partial charge in [0.1, 0.15) is 0 Å². The van der Waals surface area contributed by atoms with Gasteiger partial charge in [-0.2, -0.15) is 0 Å². The minimum Gasteiger partial charge on any atom is -0.398 e. The lowest BCUT2D eigenvalue weighted by atomic mass is 9.80. The molecule has 1 aromatic rings. The van der Waals surface area contributed by atoms with Gasteiger partial charge in [-0.25, -0.2) is 0 Å². The van der Waals surface area contributed by atoms with Crippen LogP contribution in [0.1, 0.15) is 29.6 Å². The first kappa shape index (κ1) is 12.4. The topological polar surface area (TPSA) is 75.4 Å². The number of carbonyl (C=O) groups excluding carboxylic acids is 1. The van der Waals surface area contributed by atoms with Crippen molar-refractivity contribution in [2.75, 3.05) is 12.3 Å². The maximum absolute atomic E-state index is 11.8. The van der Waals surface area contributed by atoms with Gasteiger partial charge in [-0.1, -0.05) is 0 Å². The highest BCUT2D eigenvalue weighted by molar-refractivity contribution is 9.10. The third-order valence-corrected chi connectivity index (χ3v) is 3.81. The molecular weight excluding hydrogens is 284 g/mol. The molecule has 5 heteroatoms. The Labute approximate surface area is 108 Å². The Morgan fingerprint density at radius 3 is 2.76 bits per heavy atom. The molecule has 1 amide bonds. The van der Waals surface area contributed by atoms with Gasteiger partial charge in [-0.15, -0.1) is 0 Å². The second-order valence-electron chi connectivity index (χ2n) is 4.50. The molecule has 1 saturated carbocycles. The number of rotatable bonds is 3. The van der Waals surface area contributed by atoms with Gasteiger partial charge < -0.3 is 16.2 Å². The molecule has 0 aliphatic heterocycles. The fourth-order valence-corrected chi connectivity index (χ4v) is 2.16. The number of hydrogen-bond donors (Lipinski definition) is 3. The van der Waals surface area contributed by atoms with Crippen LogP contribution in [-0.2, 0) is 0 Å². The molecule has 0 saturated heterocycles. The smallest absolute Gasteiger partial charge is 0.251 e. The highest BCUT2D eigenvalue weighted by atomic mass is 79.9. The molecule has 1 aromatic carbocycles. The molecule has 4 nitrogen and oxygen atoms in total. The number of hydrogen-bond acceptors (Lipinski definition) is 3. The van der Waals surface area contributed by atoms with Crippen LogP contribution in [0, 0.1) is 0 Å². The van der Waals surface area contributed by atoms with Gasteiger partial charge >= 0.3 is 0 Å². The zero-order chi connectivity index (χ0) is 12.5. The lowest BCUT2D eigenvalue weighted by Gasteiger charge is -2.36. The van der Waals surface area contributed by atoms with Crippen LogP contribution >= 0.6 is 15.9 Å². The van der Waals surface area contributed by atoms with Gasteiger partial charge in [0.25, 0.3) is 5.91 Å². The van der Waals surface area contributed by atoms with E-state index in [0.29, 0.717) is 22.3 Å². The Hall–Kier alpha value is -1.07. The summed E-state index contributed by atoms with van der Waals surface area (Å²) in [5.74, 6) is -0.189. The average molecular weight is 299 g/mol. The van der Waals surface area contributed by atoms with Crippen LogP contribution in [0.3, 0.4) is 0 Å². The van der Waals surface area contributed by atoms with E-state index in [1.54, 1.807) is 18.2 Å². The van der Waals surface area contributed by atoms with Crippen molar-refractivity contribution in [2.24, 2.45) is 0 Å². The number of nitrogens with one attached hydrogen (secondary N) is 1. The van der Waals surface area contributed by atoms with Crippen molar-refractivity contribution in [3.63, 3.8) is 0 Å². The molecule has 0 radical (unpaired) electrons. The molecule has 4 N–H and O–H groups in total. The minimum atomic E-state index is -0.694. The Morgan fingerprint density at radius 2 is 2.24 bits per heavy atom. The van der Waals surface area contributed by atoms with Crippen molar-refractivity contribution in [2.45, 2.75) is 24.9 Å². The van der Waals surface area contributed by atoms with Gasteiger partial charge in [-0.05, 0) is 53.4 Å². The Bertz CT molecular complexity index is 444. The standard InChI is InChI=1S/C12H15BrN2O2/c13-9-6-8(2-3-10(9)14)11(16)15-7-12(17)4-1-5-12/h2-3,6,17H,1,4-5,7,14H2,(H,15,16). The second kappa shape index (κ2) is 4.66. The lowest BCUT2D eigenvalue weighted by Crippen LogP contribution is -2.47. The van der Waals surface area contributed by atoms with E-state index in [4.69, 9.17) is 5.73 Å². The highest BCUT2D eigenvalue weighted by Gasteiger charge is 2.34.